The molecule has 0 amide bonds. The van der Waals surface area contributed by atoms with Crippen LogP contribution in [-0.4, -0.2) is 20.5 Å². The van der Waals surface area contributed by atoms with Crippen molar-refractivity contribution >= 4 is 9.84 Å². The van der Waals surface area contributed by atoms with E-state index in [2.05, 4.69) is 9.40 Å². The molecule has 24 heavy (non-hydrogen) atoms. The third-order valence-corrected chi connectivity index (χ3v) is 4.40. The molecule has 0 saturated heterocycles. The minimum atomic E-state index is -5.48. The van der Waals surface area contributed by atoms with Gasteiger partial charge in [0.2, 0.25) is 20.6 Å². The summed E-state index contributed by atoms with van der Waals surface area (Å²) in [6.45, 7) is 0. The molecule has 2 aromatic rings. The Morgan fingerprint density at radius 3 is 1.96 bits per heavy atom. The maximum Gasteiger partial charge on any atom is 0.468 e. The number of rotatable bonds is 3. The molecule has 0 saturated carbocycles. The standard InChI is InChI=1S/C12H7F6NO4S/c1-22-6-2-4-7(5-3-6)24(20,21)9-8(11(13,14)15)23-10(19-9)12(16,17)18/h2-5H,1H3. The van der Waals surface area contributed by atoms with Gasteiger partial charge in [-0.25, -0.2) is 8.42 Å². The smallest absolute Gasteiger partial charge is 0.468 e. The molecule has 0 radical (unpaired) electrons. The second kappa shape index (κ2) is 5.69. The lowest BCUT2D eigenvalue weighted by molar-refractivity contribution is -0.173. The Kier molecular flexibility index (Phi) is 4.29. The zero-order valence-corrected chi connectivity index (χ0v) is 12.4. The van der Waals surface area contributed by atoms with Crippen LogP contribution in [-0.2, 0) is 22.2 Å². The van der Waals surface area contributed by atoms with Gasteiger partial charge in [0.25, 0.3) is 0 Å². The van der Waals surface area contributed by atoms with Crippen molar-refractivity contribution in [3.8, 4) is 5.75 Å². The van der Waals surface area contributed by atoms with Crippen molar-refractivity contribution in [1.82, 2.24) is 4.98 Å². The highest BCUT2D eigenvalue weighted by Gasteiger charge is 2.48. The van der Waals surface area contributed by atoms with Crippen molar-refractivity contribution in [2.24, 2.45) is 0 Å². The fourth-order valence-electron chi connectivity index (χ4n) is 1.66. The molecule has 0 bridgehead atoms. The first-order valence-corrected chi connectivity index (χ1v) is 7.40. The molecule has 0 aliphatic heterocycles. The van der Waals surface area contributed by atoms with Crippen LogP contribution >= 0.6 is 0 Å². The van der Waals surface area contributed by atoms with E-state index < -0.39 is 43.8 Å². The quantitative estimate of drug-likeness (QED) is 0.768. The fraction of sp³-hybridized carbons (Fsp3) is 0.250. The topological polar surface area (TPSA) is 69.4 Å². The van der Waals surface area contributed by atoms with Crippen LogP contribution in [0.25, 0.3) is 0 Å². The van der Waals surface area contributed by atoms with E-state index in [1.807, 2.05) is 0 Å². The molecule has 1 aromatic carbocycles. The minimum Gasteiger partial charge on any atom is -0.497 e. The maximum atomic E-state index is 12.8. The summed E-state index contributed by atoms with van der Waals surface area (Å²) in [6.07, 6.45) is -10.9. The van der Waals surface area contributed by atoms with Crippen LogP contribution in [0.15, 0.2) is 38.6 Å². The van der Waals surface area contributed by atoms with E-state index in [-0.39, 0.29) is 5.75 Å². The highest BCUT2D eigenvalue weighted by molar-refractivity contribution is 7.91. The lowest BCUT2D eigenvalue weighted by Gasteiger charge is -2.06. The van der Waals surface area contributed by atoms with Gasteiger partial charge in [-0.05, 0) is 24.3 Å². The van der Waals surface area contributed by atoms with E-state index in [1.54, 1.807) is 0 Å². The molecule has 1 aromatic heterocycles. The highest BCUT2D eigenvalue weighted by Crippen LogP contribution is 2.40. The van der Waals surface area contributed by atoms with E-state index in [4.69, 9.17) is 4.74 Å². The first kappa shape index (κ1) is 18.1. The average molecular weight is 375 g/mol. The van der Waals surface area contributed by atoms with Crippen LogP contribution < -0.4 is 4.74 Å². The van der Waals surface area contributed by atoms with Crippen molar-refractivity contribution in [1.29, 1.82) is 0 Å². The summed E-state index contributed by atoms with van der Waals surface area (Å²) in [7, 11) is -3.74. The average Bonchev–Trinajstić information content (AvgIpc) is 2.93. The molecule has 1 heterocycles. The van der Waals surface area contributed by atoms with Crippen LogP contribution in [0, 0.1) is 0 Å². The van der Waals surface area contributed by atoms with Crippen molar-refractivity contribution in [3.63, 3.8) is 0 Å². The maximum absolute atomic E-state index is 12.8. The number of nitrogens with zero attached hydrogens (tertiary/aromatic N) is 1. The number of hydrogen-bond acceptors (Lipinski definition) is 5. The Labute approximate surface area is 130 Å². The third kappa shape index (κ3) is 3.32. The number of ether oxygens (including phenoxy) is 1. The van der Waals surface area contributed by atoms with Gasteiger partial charge in [0.15, 0.2) is 0 Å². The van der Waals surface area contributed by atoms with Gasteiger partial charge in [-0.3, -0.25) is 0 Å². The predicted molar refractivity (Wildman–Crippen MR) is 65.0 cm³/mol. The van der Waals surface area contributed by atoms with E-state index >= 15 is 0 Å². The monoisotopic (exact) mass is 375 g/mol. The highest BCUT2D eigenvalue weighted by atomic mass is 32.2. The van der Waals surface area contributed by atoms with Crippen LogP contribution in [0.5, 0.6) is 5.75 Å². The molecule has 132 valence electrons. The minimum absolute atomic E-state index is 0.195. The molecule has 0 aliphatic rings. The van der Waals surface area contributed by atoms with Gasteiger partial charge >= 0.3 is 18.2 Å². The summed E-state index contributed by atoms with van der Waals surface area (Å²) in [5, 5.41) is -1.85. The van der Waals surface area contributed by atoms with E-state index in [0.29, 0.717) is 0 Å². The zero-order valence-electron chi connectivity index (χ0n) is 11.6. The number of oxazole rings is 1. The van der Waals surface area contributed by atoms with Gasteiger partial charge in [-0.15, -0.1) is 0 Å². The summed E-state index contributed by atoms with van der Waals surface area (Å²) in [5.41, 5.74) is 0. The number of halogens is 6. The number of methoxy groups -OCH3 is 1. The Balaban J connectivity index is 2.66. The lowest BCUT2D eigenvalue weighted by Crippen LogP contribution is -2.12. The molecule has 5 nitrogen and oxygen atoms in total. The fourth-order valence-corrected chi connectivity index (χ4v) is 2.98. The normalized spacial score (nSPS) is 13.1. The summed E-state index contributed by atoms with van der Waals surface area (Å²) < 4.78 is 109. The van der Waals surface area contributed by atoms with Gasteiger partial charge in [0, 0.05) is 0 Å². The Morgan fingerprint density at radius 2 is 1.54 bits per heavy atom. The van der Waals surface area contributed by atoms with Gasteiger partial charge in [-0.2, -0.15) is 31.3 Å². The van der Waals surface area contributed by atoms with E-state index in [1.165, 1.54) is 7.11 Å². The summed E-state index contributed by atoms with van der Waals surface area (Å²) in [6, 6.07) is 3.97. The number of alkyl halides is 6. The summed E-state index contributed by atoms with van der Waals surface area (Å²) in [5.74, 6) is -4.45. The number of sulfone groups is 1. The van der Waals surface area contributed by atoms with E-state index in [0.717, 1.165) is 24.3 Å². The first-order valence-electron chi connectivity index (χ1n) is 5.91. The SMILES string of the molecule is COc1ccc(S(=O)(=O)c2nc(C(F)(F)F)oc2C(F)(F)F)cc1. The molecular formula is C12H7F6NO4S. The lowest BCUT2D eigenvalue weighted by atomic mass is 10.3. The van der Waals surface area contributed by atoms with Crippen molar-refractivity contribution in [2.75, 3.05) is 7.11 Å². The first-order chi connectivity index (χ1) is 10.9. The van der Waals surface area contributed by atoms with E-state index in [9.17, 15) is 34.8 Å². The number of aromatic nitrogens is 1. The van der Waals surface area contributed by atoms with Crippen LogP contribution in [0.3, 0.4) is 0 Å². The molecule has 0 atom stereocenters. The molecule has 0 fully saturated rings. The number of hydrogen-bond donors (Lipinski definition) is 0. The van der Waals surface area contributed by atoms with Crippen molar-refractivity contribution < 1.29 is 43.9 Å². The van der Waals surface area contributed by atoms with Gasteiger partial charge in [0.1, 0.15) is 5.75 Å². The molecule has 0 aliphatic carbocycles. The Hall–Kier alpha value is -2.24. The Bertz CT molecular complexity index is 836. The van der Waals surface area contributed by atoms with Crippen molar-refractivity contribution in [2.45, 2.75) is 22.3 Å². The summed E-state index contributed by atoms with van der Waals surface area (Å²) >= 11 is 0. The summed E-state index contributed by atoms with van der Waals surface area (Å²) in [4.78, 5) is 1.81. The predicted octanol–water partition coefficient (Wildman–Crippen LogP) is 3.55. The largest absolute Gasteiger partial charge is 0.497 e. The molecule has 0 spiro atoms. The molecule has 0 N–H and O–H groups in total. The van der Waals surface area contributed by atoms with Gasteiger partial charge in [0.05, 0.1) is 12.0 Å². The van der Waals surface area contributed by atoms with Crippen molar-refractivity contribution in [3.05, 3.63) is 35.9 Å². The molecule has 0 unspecified atom stereocenters. The third-order valence-electron chi connectivity index (χ3n) is 2.72. The van der Waals surface area contributed by atoms with Gasteiger partial charge < -0.3 is 9.15 Å². The molecule has 12 heteroatoms. The second-order valence-corrected chi connectivity index (χ2v) is 6.19. The van der Waals surface area contributed by atoms with Crippen LogP contribution in [0.4, 0.5) is 26.3 Å². The molecular weight excluding hydrogens is 368 g/mol. The zero-order chi connectivity index (χ0) is 18.3. The van der Waals surface area contributed by atoms with Crippen LogP contribution in [0.2, 0.25) is 0 Å². The van der Waals surface area contributed by atoms with Crippen LogP contribution in [0.1, 0.15) is 11.7 Å². The second-order valence-electron chi connectivity index (χ2n) is 4.33. The molecule has 2 rings (SSSR count). The number of benzene rings is 1. The Morgan fingerprint density at radius 1 is 1.00 bits per heavy atom. The van der Waals surface area contributed by atoms with Gasteiger partial charge in [-0.1, -0.05) is 0 Å².